The molecule has 0 saturated heterocycles. The Morgan fingerprint density at radius 2 is 0.622 bits per heavy atom. The van der Waals surface area contributed by atoms with Crippen molar-refractivity contribution >= 4 is 45.9 Å². The lowest BCUT2D eigenvalue weighted by atomic mass is 10.4. The summed E-state index contributed by atoms with van der Waals surface area (Å²) in [6.07, 6.45) is 0. The third-order valence-corrected chi connectivity index (χ3v) is 22.7. The largest absolute Gasteiger partial charge is 0.429 e. The van der Waals surface area contributed by atoms with E-state index in [0.717, 1.165) is 24.2 Å². The van der Waals surface area contributed by atoms with E-state index in [0.29, 0.717) is 0 Å². The van der Waals surface area contributed by atoms with Gasteiger partial charge in [-0.15, -0.1) is 0 Å². The van der Waals surface area contributed by atoms with Crippen LogP contribution in [-0.2, 0) is 8.23 Å². The fraction of sp³-hybridized carbons (Fsp3) is 0.250. The van der Waals surface area contributed by atoms with E-state index in [4.69, 9.17) is 8.23 Å². The molecule has 0 aliphatic carbocycles. The molecule has 5 heteroatoms. The SMILES string of the molecule is CC[Si](CC)(O[Si](CC)(c1ccccc1)c1ccccc1)O[Si](CC)(c1ccccc1)c1ccccc1. The van der Waals surface area contributed by atoms with Crippen molar-refractivity contribution in [3.05, 3.63) is 121 Å². The Labute approximate surface area is 226 Å². The van der Waals surface area contributed by atoms with Crippen LogP contribution in [0.4, 0.5) is 0 Å². The molecular weight excluding hydrogens is 501 g/mol. The van der Waals surface area contributed by atoms with Crippen molar-refractivity contribution in [2.24, 2.45) is 0 Å². The first-order valence-corrected chi connectivity index (χ1v) is 20.2. The Hall–Kier alpha value is -2.55. The van der Waals surface area contributed by atoms with Crippen LogP contribution >= 0.6 is 0 Å². The van der Waals surface area contributed by atoms with Crippen molar-refractivity contribution in [3.8, 4) is 0 Å². The highest BCUT2D eigenvalue weighted by atomic mass is 28.5. The summed E-state index contributed by atoms with van der Waals surface area (Å²) in [7, 11) is -7.77. The third kappa shape index (κ3) is 5.52. The van der Waals surface area contributed by atoms with E-state index in [1.165, 1.54) is 20.7 Å². The minimum absolute atomic E-state index is 0.923. The normalized spacial score (nSPS) is 12.4. The molecular formula is C32H40O2Si3. The smallest absolute Gasteiger partial charge is 0.317 e. The number of hydrogen-bond acceptors (Lipinski definition) is 2. The van der Waals surface area contributed by atoms with Crippen molar-refractivity contribution in [2.45, 2.75) is 51.9 Å². The zero-order valence-corrected chi connectivity index (χ0v) is 25.7. The summed E-state index contributed by atoms with van der Waals surface area (Å²) in [4.78, 5) is 0. The fourth-order valence-corrected chi connectivity index (χ4v) is 22.2. The van der Waals surface area contributed by atoms with Gasteiger partial charge in [-0.3, -0.25) is 0 Å². The van der Waals surface area contributed by atoms with Crippen molar-refractivity contribution in [3.63, 3.8) is 0 Å². The van der Waals surface area contributed by atoms with Crippen molar-refractivity contribution in [1.82, 2.24) is 0 Å². The first-order valence-electron chi connectivity index (χ1n) is 13.7. The van der Waals surface area contributed by atoms with Gasteiger partial charge in [0.05, 0.1) is 0 Å². The van der Waals surface area contributed by atoms with Crippen LogP contribution in [0.25, 0.3) is 0 Å². The van der Waals surface area contributed by atoms with Crippen LogP contribution in [0.2, 0.25) is 24.2 Å². The maximum Gasteiger partial charge on any atom is 0.317 e. The Kier molecular flexibility index (Phi) is 9.16. The number of benzene rings is 4. The lowest BCUT2D eigenvalue weighted by Crippen LogP contribution is -2.71. The Balaban J connectivity index is 1.89. The maximum atomic E-state index is 7.74. The van der Waals surface area contributed by atoms with E-state index in [2.05, 4.69) is 149 Å². The van der Waals surface area contributed by atoms with Gasteiger partial charge in [-0.25, -0.2) is 0 Å². The number of hydrogen-bond donors (Lipinski definition) is 0. The zero-order chi connectivity index (χ0) is 26.2. The lowest BCUT2D eigenvalue weighted by Gasteiger charge is -2.46. The molecule has 4 rings (SSSR count). The van der Waals surface area contributed by atoms with Gasteiger partial charge in [0.2, 0.25) is 16.6 Å². The van der Waals surface area contributed by atoms with Gasteiger partial charge < -0.3 is 8.23 Å². The molecule has 0 spiro atoms. The zero-order valence-electron chi connectivity index (χ0n) is 22.7. The molecule has 0 N–H and O–H groups in total. The fourth-order valence-electron chi connectivity index (χ4n) is 5.55. The minimum Gasteiger partial charge on any atom is -0.429 e. The van der Waals surface area contributed by atoms with Gasteiger partial charge in [0.1, 0.15) is 0 Å². The highest BCUT2D eigenvalue weighted by Gasteiger charge is 2.52. The second kappa shape index (κ2) is 12.3. The van der Waals surface area contributed by atoms with E-state index < -0.39 is 25.2 Å². The van der Waals surface area contributed by atoms with E-state index >= 15 is 0 Å². The molecule has 4 aromatic rings. The molecule has 0 bridgehead atoms. The first-order chi connectivity index (χ1) is 18.1. The van der Waals surface area contributed by atoms with Crippen molar-refractivity contribution < 1.29 is 8.23 Å². The van der Waals surface area contributed by atoms with Crippen LogP contribution in [0.15, 0.2) is 121 Å². The minimum atomic E-state index is -2.66. The van der Waals surface area contributed by atoms with Gasteiger partial charge >= 0.3 is 8.56 Å². The molecule has 4 aromatic carbocycles. The topological polar surface area (TPSA) is 18.5 Å². The average molecular weight is 541 g/mol. The number of rotatable bonds is 12. The molecule has 0 unspecified atom stereocenters. The van der Waals surface area contributed by atoms with Crippen molar-refractivity contribution in [1.29, 1.82) is 0 Å². The molecule has 37 heavy (non-hydrogen) atoms. The molecule has 0 fully saturated rings. The van der Waals surface area contributed by atoms with Crippen LogP contribution in [0.5, 0.6) is 0 Å². The molecule has 0 saturated carbocycles. The molecule has 0 atom stereocenters. The summed E-state index contributed by atoms with van der Waals surface area (Å²) in [5.74, 6) is 0. The van der Waals surface area contributed by atoms with Crippen LogP contribution < -0.4 is 20.7 Å². The summed E-state index contributed by atoms with van der Waals surface area (Å²) < 4.78 is 15.5. The molecule has 192 valence electrons. The Bertz CT molecular complexity index is 1040. The molecule has 0 aliphatic heterocycles. The average Bonchev–Trinajstić information content (AvgIpc) is 3.00. The van der Waals surface area contributed by atoms with E-state index in [9.17, 15) is 0 Å². The standard InChI is InChI=1S/C32H40O2Si3/c1-5-35(6-2,33-36(7-3,29-21-13-9-14-22-29)30-23-15-10-16-24-30)34-37(8-4,31-25-17-11-18-26-31)32-27-19-12-20-28-32/h9-28H,5-8H2,1-4H3. The highest BCUT2D eigenvalue weighted by Crippen LogP contribution is 2.30. The van der Waals surface area contributed by atoms with Gasteiger partial charge in [-0.05, 0) is 44.9 Å². The third-order valence-electron chi connectivity index (χ3n) is 7.75. The summed E-state index contributed by atoms with van der Waals surface area (Å²) in [5, 5.41) is 5.31. The van der Waals surface area contributed by atoms with Gasteiger partial charge in [0.15, 0.2) is 0 Å². The Morgan fingerprint density at radius 1 is 0.378 bits per heavy atom. The quantitative estimate of drug-likeness (QED) is 0.203. The van der Waals surface area contributed by atoms with Gasteiger partial charge in [0.25, 0.3) is 0 Å². The summed E-state index contributed by atoms with van der Waals surface area (Å²) in [6, 6.07) is 47.6. The second-order valence-corrected chi connectivity index (χ2v) is 21.5. The monoisotopic (exact) mass is 540 g/mol. The van der Waals surface area contributed by atoms with Crippen LogP contribution in [0.1, 0.15) is 27.7 Å². The second-order valence-electron chi connectivity index (χ2n) is 9.65. The van der Waals surface area contributed by atoms with Gasteiger partial charge in [-0.2, -0.15) is 0 Å². The molecule has 0 aromatic heterocycles. The van der Waals surface area contributed by atoms with Crippen LogP contribution in [0, 0.1) is 0 Å². The van der Waals surface area contributed by atoms with Gasteiger partial charge in [-0.1, -0.05) is 149 Å². The summed E-state index contributed by atoms with van der Waals surface area (Å²) in [6.45, 7) is 9.17. The predicted molar refractivity (Wildman–Crippen MR) is 166 cm³/mol. The highest BCUT2D eigenvalue weighted by molar-refractivity contribution is 7.06. The van der Waals surface area contributed by atoms with Crippen LogP contribution in [-0.4, -0.2) is 25.2 Å². The van der Waals surface area contributed by atoms with Crippen molar-refractivity contribution in [2.75, 3.05) is 0 Å². The van der Waals surface area contributed by atoms with Crippen LogP contribution in [0.3, 0.4) is 0 Å². The maximum absolute atomic E-state index is 7.74. The molecule has 0 amide bonds. The van der Waals surface area contributed by atoms with E-state index in [1.54, 1.807) is 0 Å². The predicted octanol–water partition coefficient (Wildman–Crippen LogP) is 6.06. The first kappa shape index (κ1) is 27.5. The van der Waals surface area contributed by atoms with E-state index in [1.807, 2.05) is 0 Å². The lowest BCUT2D eigenvalue weighted by molar-refractivity contribution is 0.382. The van der Waals surface area contributed by atoms with E-state index in [-0.39, 0.29) is 0 Å². The summed E-state index contributed by atoms with van der Waals surface area (Å²) in [5.41, 5.74) is 0. The Morgan fingerprint density at radius 3 is 0.811 bits per heavy atom. The molecule has 0 aliphatic rings. The summed E-state index contributed by atoms with van der Waals surface area (Å²) >= 11 is 0. The molecule has 0 heterocycles. The molecule has 0 radical (unpaired) electrons. The molecule has 2 nitrogen and oxygen atoms in total. The van der Waals surface area contributed by atoms with Gasteiger partial charge in [0, 0.05) is 0 Å².